The molecule has 1 aromatic carbocycles. The number of nitrogens with zero attached hydrogens (tertiary/aromatic N) is 1. The minimum absolute atomic E-state index is 0.0262. The van der Waals surface area contributed by atoms with Crippen molar-refractivity contribution in [2.45, 2.75) is 38.3 Å². The summed E-state index contributed by atoms with van der Waals surface area (Å²) in [4.78, 5) is 14.0. The number of hydrogen-bond acceptors (Lipinski definition) is 2. The van der Waals surface area contributed by atoms with Gasteiger partial charge in [0.1, 0.15) is 0 Å². The van der Waals surface area contributed by atoms with Crippen LogP contribution in [0, 0.1) is 0 Å². The zero-order valence-electron chi connectivity index (χ0n) is 10.9. The van der Waals surface area contributed by atoms with Gasteiger partial charge in [0.05, 0.1) is 6.04 Å². The average Bonchev–Trinajstić information content (AvgIpc) is 2.36. The van der Waals surface area contributed by atoms with E-state index in [1.165, 1.54) is 0 Å². The largest absolute Gasteiger partial charge is 0.334 e. The lowest BCUT2D eigenvalue weighted by Crippen LogP contribution is -2.49. The Morgan fingerprint density at radius 3 is 2.89 bits per heavy atom. The molecule has 2 rings (SSSR count). The Bertz CT molecular complexity index is 481. The van der Waals surface area contributed by atoms with Crippen molar-refractivity contribution in [3.63, 3.8) is 0 Å². The van der Waals surface area contributed by atoms with Crippen molar-refractivity contribution in [1.82, 2.24) is 4.90 Å². The number of carbonyl (C=O) groups is 1. The Balaban J connectivity index is 2.39. The molecule has 1 aliphatic heterocycles. The van der Waals surface area contributed by atoms with Crippen molar-refractivity contribution >= 4 is 33.4 Å². The van der Waals surface area contributed by atoms with E-state index in [0.717, 1.165) is 29.4 Å². The molecule has 3 nitrogen and oxygen atoms in total. The van der Waals surface area contributed by atoms with Crippen molar-refractivity contribution < 1.29 is 4.79 Å². The van der Waals surface area contributed by atoms with Gasteiger partial charge in [0.2, 0.25) is 5.91 Å². The maximum Gasteiger partial charge on any atom is 0.223 e. The van der Waals surface area contributed by atoms with E-state index >= 15 is 0 Å². The van der Waals surface area contributed by atoms with Crippen LogP contribution in [0.2, 0.25) is 5.02 Å². The van der Waals surface area contributed by atoms with Gasteiger partial charge in [0.15, 0.2) is 0 Å². The topological polar surface area (TPSA) is 46.3 Å². The predicted octanol–water partition coefficient (Wildman–Crippen LogP) is 3.50. The highest BCUT2D eigenvalue weighted by Crippen LogP contribution is 2.36. The van der Waals surface area contributed by atoms with E-state index in [1.54, 1.807) is 0 Å². The number of nitrogens with two attached hydrogens (primary N) is 1. The molecule has 19 heavy (non-hydrogen) atoms. The minimum atomic E-state index is -0.0622. The summed E-state index contributed by atoms with van der Waals surface area (Å²) < 4.78 is 0.913. The zero-order valence-corrected chi connectivity index (χ0v) is 13.2. The predicted molar refractivity (Wildman–Crippen MR) is 81.1 cm³/mol. The first-order chi connectivity index (χ1) is 9.04. The number of halogens is 2. The summed E-state index contributed by atoms with van der Waals surface area (Å²) in [5, 5.41) is 0.674. The molecule has 0 bridgehead atoms. The molecule has 0 spiro atoms. The van der Waals surface area contributed by atoms with Gasteiger partial charge in [-0.2, -0.15) is 0 Å². The number of rotatable bonds is 3. The van der Waals surface area contributed by atoms with E-state index in [2.05, 4.69) is 22.9 Å². The maximum atomic E-state index is 12.1. The first-order valence-electron chi connectivity index (χ1n) is 6.54. The van der Waals surface area contributed by atoms with Gasteiger partial charge in [-0.3, -0.25) is 4.79 Å². The van der Waals surface area contributed by atoms with Gasteiger partial charge in [-0.1, -0.05) is 40.5 Å². The van der Waals surface area contributed by atoms with Crippen molar-refractivity contribution in [2.24, 2.45) is 5.73 Å². The minimum Gasteiger partial charge on any atom is -0.334 e. The number of benzene rings is 1. The third-order valence-corrected chi connectivity index (χ3v) is 4.42. The Hall–Kier alpha value is -0.580. The van der Waals surface area contributed by atoms with E-state index in [9.17, 15) is 4.79 Å². The summed E-state index contributed by atoms with van der Waals surface area (Å²) in [6.07, 6.45) is 2.21. The van der Waals surface area contributed by atoms with E-state index in [-0.39, 0.29) is 18.0 Å². The van der Waals surface area contributed by atoms with Crippen molar-refractivity contribution in [3.8, 4) is 0 Å². The lowest BCUT2D eigenvalue weighted by atomic mass is 9.90. The van der Waals surface area contributed by atoms with E-state index < -0.39 is 0 Å². The molecule has 5 heteroatoms. The van der Waals surface area contributed by atoms with Crippen LogP contribution in [0.5, 0.6) is 0 Å². The molecule has 104 valence electrons. The molecule has 1 saturated heterocycles. The number of carbonyl (C=O) groups excluding carboxylic acids is 1. The van der Waals surface area contributed by atoms with Crippen molar-refractivity contribution in [2.75, 3.05) is 6.54 Å². The molecule has 0 saturated carbocycles. The lowest BCUT2D eigenvalue weighted by Gasteiger charge is -2.40. The zero-order chi connectivity index (χ0) is 14.0. The van der Waals surface area contributed by atoms with Crippen LogP contribution in [0.4, 0.5) is 0 Å². The summed E-state index contributed by atoms with van der Waals surface area (Å²) in [6.45, 7) is 2.81. The van der Waals surface area contributed by atoms with Gasteiger partial charge in [-0.05, 0) is 30.5 Å². The second-order valence-electron chi connectivity index (χ2n) is 4.90. The molecular weight excluding hydrogens is 328 g/mol. The third kappa shape index (κ3) is 3.12. The molecule has 1 aliphatic rings. The van der Waals surface area contributed by atoms with Gasteiger partial charge in [-0.15, -0.1) is 0 Å². The molecule has 1 heterocycles. The maximum absolute atomic E-state index is 12.1. The van der Waals surface area contributed by atoms with Crippen LogP contribution in [0.1, 0.15) is 37.8 Å². The Morgan fingerprint density at radius 2 is 2.26 bits per heavy atom. The first-order valence-corrected chi connectivity index (χ1v) is 7.71. The summed E-state index contributed by atoms with van der Waals surface area (Å²) in [5.74, 6) is 0.190. The van der Waals surface area contributed by atoms with Crippen molar-refractivity contribution in [3.05, 3.63) is 33.3 Å². The van der Waals surface area contributed by atoms with E-state index in [4.69, 9.17) is 17.3 Å². The number of amides is 1. The van der Waals surface area contributed by atoms with E-state index in [0.29, 0.717) is 11.4 Å². The monoisotopic (exact) mass is 344 g/mol. The molecule has 0 aromatic heterocycles. The normalized spacial score (nSPS) is 23.8. The molecule has 0 aliphatic carbocycles. The SMILES string of the molecule is CCCN1C(=O)CCC(N)C1c1ccc(Cl)cc1Br. The molecule has 1 fully saturated rings. The van der Waals surface area contributed by atoms with Gasteiger partial charge in [0.25, 0.3) is 0 Å². The number of piperidine rings is 1. The smallest absolute Gasteiger partial charge is 0.223 e. The molecule has 2 atom stereocenters. The standard InChI is InChI=1S/C14H18BrClN2O/c1-2-7-18-13(19)6-5-12(17)14(18)10-4-3-9(16)8-11(10)15/h3-4,8,12,14H,2,5-7,17H2,1H3. The van der Waals surface area contributed by atoms with Crippen LogP contribution in [0.15, 0.2) is 22.7 Å². The fraction of sp³-hybridized carbons (Fsp3) is 0.500. The number of hydrogen-bond donors (Lipinski definition) is 1. The summed E-state index contributed by atoms with van der Waals surface area (Å²) in [5.41, 5.74) is 7.29. The van der Waals surface area contributed by atoms with Gasteiger partial charge >= 0.3 is 0 Å². The fourth-order valence-corrected chi connectivity index (χ4v) is 3.54. The summed E-state index contributed by atoms with van der Waals surface area (Å²) in [6, 6.07) is 5.57. The Labute approximate surface area is 127 Å². The third-order valence-electron chi connectivity index (χ3n) is 3.50. The summed E-state index contributed by atoms with van der Waals surface area (Å²) >= 11 is 9.51. The fourth-order valence-electron chi connectivity index (χ4n) is 2.62. The lowest BCUT2D eigenvalue weighted by molar-refractivity contribution is -0.137. The molecule has 1 aromatic rings. The highest BCUT2D eigenvalue weighted by atomic mass is 79.9. The molecule has 0 radical (unpaired) electrons. The Kier molecular flexibility index (Phi) is 4.87. The van der Waals surface area contributed by atoms with Crippen molar-refractivity contribution in [1.29, 1.82) is 0 Å². The highest BCUT2D eigenvalue weighted by Gasteiger charge is 2.35. The second kappa shape index (κ2) is 6.25. The van der Waals surface area contributed by atoms with Crippen LogP contribution in [0.25, 0.3) is 0 Å². The van der Waals surface area contributed by atoms with Crippen LogP contribution >= 0.6 is 27.5 Å². The van der Waals surface area contributed by atoms with Crippen LogP contribution in [-0.4, -0.2) is 23.4 Å². The van der Waals surface area contributed by atoms with E-state index in [1.807, 2.05) is 23.1 Å². The van der Waals surface area contributed by atoms with Gasteiger partial charge < -0.3 is 10.6 Å². The van der Waals surface area contributed by atoms with Crippen LogP contribution < -0.4 is 5.73 Å². The van der Waals surface area contributed by atoms with Gasteiger partial charge in [0, 0.05) is 28.5 Å². The molecule has 2 N–H and O–H groups in total. The average molecular weight is 346 g/mol. The van der Waals surface area contributed by atoms with Gasteiger partial charge in [-0.25, -0.2) is 0 Å². The highest BCUT2D eigenvalue weighted by molar-refractivity contribution is 9.10. The van der Waals surface area contributed by atoms with Crippen LogP contribution in [0.3, 0.4) is 0 Å². The molecule has 1 amide bonds. The Morgan fingerprint density at radius 1 is 1.53 bits per heavy atom. The summed E-state index contributed by atoms with van der Waals surface area (Å²) in [7, 11) is 0. The number of likely N-dealkylation sites (tertiary alicyclic amines) is 1. The molecular formula is C14H18BrClN2O. The second-order valence-corrected chi connectivity index (χ2v) is 6.19. The van der Waals surface area contributed by atoms with Crippen LogP contribution in [-0.2, 0) is 4.79 Å². The molecule has 2 unspecified atom stereocenters. The quantitative estimate of drug-likeness (QED) is 0.911. The first kappa shape index (κ1) is 14.8.